The van der Waals surface area contributed by atoms with Crippen LogP contribution in [0.5, 0.6) is 5.75 Å². The van der Waals surface area contributed by atoms with E-state index in [1.165, 1.54) is 11.7 Å². The summed E-state index contributed by atoms with van der Waals surface area (Å²) >= 11 is 6.27. The topological polar surface area (TPSA) is 96.8 Å². The molecule has 0 amide bonds. The van der Waals surface area contributed by atoms with Gasteiger partial charge in [0.15, 0.2) is 0 Å². The van der Waals surface area contributed by atoms with E-state index in [2.05, 4.69) is 15.5 Å². The van der Waals surface area contributed by atoms with Crippen LogP contribution < -0.4 is 10.4 Å². The Labute approximate surface area is 198 Å². The first kappa shape index (κ1) is 22.9. The van der Waals surface area contributed by atoms with E-state index in [0.717, 1.165) is 27.1 Å². The molecule has 0 saturated carbocycles. The Bertz CT molecular complexity index is 1440. The molecule has 2 aromatic carbocycles. The van der Waals surface area contributed by atoms with Crippen LogP contribution in [-0.4, -0.2) is 40.0 Å². The van der Waals surface area contributed by atoms with Gasteiger partial charge in [0.25, 0.3) is 0 Å². The molecule has 2 aromatic heterocycles. The van der Waals surface area contributed by atoms with Gasteiger partial charge in [-0.3, -0.25) is 8.89 Å². The summed E-state index contributed by atoms with van der Waals surface area (Å²) in [5.41, 5.74) is 4.24. The lowest BCUT2D eigenvalue weighted by Gasteiger charge is -2.15. The van der Waals surface area contributed by atoms with Crippen molar-refractivity contribution in [1.82, 2.24) is 29.6 Å². The number of ether oxygens (including phenoxy) is 1. The standard InChI is InChI=1S/C22H23ClN6O3S/c1-13-11-15(20-14(2)21(23)27(3)24-20)9-10-18(13)32-12-16-17(7-6-8-19(16)33(5)31)29-22(30)28(4)25-26-29/h6-11H,12H2,1-5H3. The van der Waals surface area contributed by atoms with Crippen molar-refractivity contribution in [1.29, 1.82) is 0 Å². The lowest BCUT2D eigenvalue weighted by atomic mass is 10.1. The van der Waals surface area contributed by atoms with Gasteiger partial charge < -0.3 is 4.74 Å². The molecule has 0 bridgehead atoms. The van der Waals surface area contributed by atoms with Gasteiger partial charge in [0.1, 0.15) is 17.5 Å². The summed E-state index contributed by atoms with van der Waals surface area (Å²) in [5.74, 6) is 0.660. The van der Waals surface area contributed by atoms with Crippen LogP contribution in [0.4, 0.5) is 0 Å². The predicted octanol–water partition coefficient (Wildman–Crippen LogP) is 2.95. The molecule has 0 aliphatic rings. The number of halogens is 1. The van der Waals surface area contributed by atoms with Crippen molar-refractivity contribution in [2.24, 2.45) is 14.1 Å². The molecule has 0 radical (unpaired) electrons. The maximum atomic E-state index is 12.4. The van der Waals surface area contributed by atoms with E-state index < -0.39 is 16.5 Å². The number of aryl methyl sites for hydroxylation is 3. The van der Waals surface area contributed by atoms with Gasteiger partial charge in [0.2, 0.25) is 0 Å². The van der Waals surface area contributed by atoms with Crippen molar-refractivity contribution in [2.45, 2.75) is 25.3 Å². The van der Waals surface area contributed by atoms with Crippen molar-refractivity contribution in [2.75, 3.05) is 6.26 Å². The van der Waals surface area contributed by atoms with Crippen LogP contribution in [0.25, 0.3) is 16.9 Å². The molecule has 0 N–H and O–H groups in total. The monoisotopic (exact) mass is 486 g/mol. The molecule has 1 atom stereocenters. The molecule has 0 aliphatic heterocycles. The summed E-state index contributed by atoms with van der Waals surface area (Å²) in [4.78, 5) is 13.0. The normalized spacial score (nSPS) is 12.2. The third-order valence-corrected chi connectivity index (χ3v) is 6.92. The summed E-state index contributed by atoms with van der Waals surface area (Å²) < 4.78 is 22.5. The van der Waals surface area contributed by atoms with Crippen LogP contribution in [0, 0.1) is 13.8 Å². The molecule has 4 aromatic rings. The van der Waals surface area contributed by atoms with Gasteiger partial charge in [-0.2, -0.15) is 14.5 Å². The number of aromatic nitrogens is 6. The van der Waals surface area contributed by atoms with E-state index in [-0.39, 0.29) is 6.61 Å². The third-order valence-electron chi connectivity index (χ3n) is 5.39. The van der Waals surface area contributed by atoms with Crippen LogP contribution in [-0.2, 0) is 31.5 Å². The van der Waals surface area contributed by atoms with Gasteiger partial charge in [0, 0.05) is 41.9 Å². The van der Waals surface area contributed by atoms with Crippen molar-refractivity contribution in [3.8, 4) is 22.7 Å². The predicted molar refractivity (Wildman–Crippen MR) is 126 cm³/mol. The molecule has 11 heteroatoms. The summed E-state index contributed by atoms with van der Waals surface area (Å²) in [7, 11) is 2.03. The van der Waals surface area contributed by atoms with E-state index in [1.807, 2.05) is 32.0 Å². The van der Waals surface area contributed by atoms with Crippen molar-refractivity contribution >= 4 is 22.4 Å². The third kappa shape index (κ3) is 4.23. The number of hydrogen-bond donors (Lipinski definition) is 0. The van der Waals surface area contributed by atoms with Crippen LogP contribution in [0.2, 0.25) is 5.15 Å². The smallest absolute Gasteiger partial charge is 0.368 e. The second-order valence-corrected chi connectivity index (χ2v) is 9.37. The molecular weight excluding hydrogens is 464 g/mol. The molecule has 9 nitrogen and oxygen atoms in total. The lowest BCUT2D eigenvalue weighted by Crippen LogP contribution is -2.23. The maximum absolute atomic E-state index is 12.4. The van der Waals surface area contributed by atoms with E-state index in [1.54, 1.807) is 36.2 Å². The number of nitrogens with zero attached hydrogens (tertiary/aromatic N) is 6. The number of rotatable bonds is 6. The zero-order valence-corrected chi connectivity index (χ0v) is 20.4. The van der Waals surface area contributed by atoms with Crippen LogP contribution >= 0.6 is 11.6 Å². The average molecular weight is 487 g/mol. The Morgan fingerprint density at radius 2 is 1.85 bits per heavy atom. The quantitative estimate of drug-likeness (QED) is 0.415. The van der Waals surface area contributed by atoms with Gasteiger partial charge in [0.05, 0.1) is 22.2 Å². The zero-order valence-electron chi connectivity index (χ0n) is 18.9. The van der Waals surface area contributed by atoms with Gasteiger partial charge >= 0.3 is 5.69 Å². The summed E-state index contributed by atoms with van der Waals surface area (Å²) in [6, 6.07) is 11.0. The maximum Gasteiger partial charge on any atom is 0.368 e. The molecule has 0 saturated heterocycles. The lowest BCUT2D eigenvalue weighted by molar-refractivity contribution is 0.300. The largest absolute Gasteiger partial charge is 0.489 e. The van der Waals surface area contributed by atoms with Crippen molar-refractivity contribution in [3.63, 3.8) is 0 Å². The molecular formula is C22H23ClN6O3S. The van der Waals surface area contributed by atoms with Crippen molar-refractivity contribution in [3.05, 3.63) is 68.7 Å². The van der Waals surface area contributed by atoms with E-state index in [9.17, 15) is 9.00 Å². The fraction of sp³-hybridized carbons (Fsp3) is 0.273. The average Bonchev–Trinajstić information content (AvgIpc) is 3.25. The van der Waals surface area contributed by atoms with Crippen LogP contribution in [0.15, 0.2) is 46.1 Å². The Hall–Kier alpha value is -3.24. The highest BCUT2D eigenvalue weighted by molar-refractivity contribution is 7.84. The van der Waals surface area contributed by atoms with Gasteiger partial charge in [-0.15, -0.1) is 0 Å². The van der Waals surface area contributed by atoms with Gasteiger partial charge in [-0.25, -0.2) is 4.79 Å². The number of hydrogen-bond acceptors (Lipinski definition) is 6. The minimum absolute atomic E-state index is 0.0999. The molecule has 1 unspecified atom stereocenters. The highest BCUT2D eigenvalue weighted by atomic mass is 35.5. The van der Waals surface area contributed by atoms with Crippen LogP contribution in [0.3, 0.4) is 0 Å². The van der Waals surface area contributed by atoms with E-state index in [0.29, 0.717) is 27.0 Å². The Balaban J connectivity index is 1.68. The van der Waals surface area contributed by atoms with Crippen LogP contribution in [0.1, 0.15) is 16.7 Å². The second kappa shape index (κ2) is 8.95. The Kier molecular flexibility index (Phi) is 6.22. The minimum atomic E-state index is -1.29. The van der Waals surface area contributed by atoms with Crippen molar-refractivity contribution < 1.29 is 8.95 Å². The van der Waals surface area contributed by atoms with Gasteiger partial charge in [-0.1, -0.05) is 17.7 Å². The van der Waals surface area contributed by atoms with Gasteiger partial charge in [-0.05, 0) is 60.2 Å². The molecule has 0 aliphatic carbocycles. The highest BCUT2D eigenvalue weighted by Gasteiger charge is 2.18. The first-order valence-electron chi connectivity index (χ1n) is 10.1. The first-order valence-corrected chi connectivity index (χ1v) is 12.0. The SMILES string of the molecule is Cc1cc(-c2nn(C)c(Cl)c2C)ccc1OCc1c(-n2nnn(C)c2=O)cccc1S(C)=O. The molecule has 4 rings (SSSR count). The Morgan fingerprint density at radius 1 is 1.09 bits per heavy atom. The Morgan fingerprint density at radius 3 is 2.42 bits per heavy atom. The summed E-state index contributed by atoms with van der Waals surface area (Å²) in [6.07, 6.45) is 1.59. The zero-order chi connectivity index (χ0) is 23.9. The van der Waals surface area contributed by atoms with E-state index >= 15 is 0 Å². The molecule has 33 heavy (non-hydrogen) atoms. The fourth-order valence-electron chi connectivity index (χ4n) is 3.62. The summed E-state index contributed by atoms with van der Waals surface area (Å²) in [5, 5.41) is 12.8. The molecule has 0 fully saturated rings. The minimum Gasteiger partial charge on any atom is -0.489 e. The van der Waals surface area contributed by atoms with E-state index in [4.69, 9.17) is 16.3 Å². The molecule has 172 valence electrons. The first-order chi connectivity index (χ1) is 15.7. The number of tetrazole rings is 1. The molecule has 2 heterocycles. The fourth-order valence-corrected chi connectivity index (χ4v) is 4.53. The summed E-state index contributed by atoms with van der Waals surface area (Å²) in [6.45, 7) is 3.97. The molecule has 0 spiro atoms. The second-order valence-electron chi connectivity index (χ2n) is 7.66. The number of benzene rings is 2. The highest BCUT2D eigenvalue weighted by Crippen LogP contribution is 2.31.